The fourth-order valence-electron chi connectivity index (χ4n) is 1.72. The quantitative estimate of drug-likeness (QED) is 0.871. The van der Waals surface area contributed by atoms with Crippen molar-refractivity contribution in [2.24, 2.45) is 0 Å². The summed E-state index contributed by atoms with van der Waals surface area (Å²) < 4.78 is 10.2. The second kappa shape index (κ2) is 6.65. The Kier molecular flexibility index (Phi) is 4.65. The van der Waals surface area contributed by atoms with Gasteiger partial charge in [0.2, 0.25) is 0 Å². The molecule has 0 fully saturated rings. The SMILES string of the molecule is CCOC(=O)Nc1ccc(NCc2occc2C)cc1. The molecule has 0 saturated heterocycles. The van der Waals surface area contributed by atoms with Crippen molar-refractivity contribution in [3.8, 4) is 0 Å². The minimum Gasteiger partial charge on any atom is -0.467 e. The fourth-order valence-corrected chi connectivity index (χ4v) is 1.72. The Morgan fingerprint density at radius 1 is 1.20 bits per heavy atom. The second-order valence-corrected chi connectivity index (χ2v) is 4.30. The molecule has 106 valence electrons. The molecular weight excluding hydrogens is 256 g/mol. The Labute approximate surface area is 117 Å². The first-order chi connectivity index (χ1) is 9.69. The van der Waals surface area contributed by atoms with Crippen LogP contribution in [0.1, 0.15) is 18.2 Å². The summed E-state index contributed by atoms with van der Waals surface area (Å²) in [5.74, 6) is 0.915. The lowest BCUT2D eigenvalue weighted by molar-refractivity contribution is 0.168. The topological polar surface area (TPSA) is 63.5 Å². The number of rotatable bonds is 5. The summed E-state index contributed by atoms with van der Waals surface area (Å²) in [4.78, 5) is 11.3. The molecule has 5 heteroatoms. The fraction of sp³-hybridized carbons (Fsp3) is 0.267. The molecule has 0 aliphatic heterocycles. The predicted molar refractivity (Wildman–Crippen MR) is 77.9 cm³/mol. The van der Waals surface area contributed by atoms with Crippen molar-refractivity contribution >= 4 is 17.5 Å². The van der Waals surface area contributed by atoms with Crippen LogP contribution in [0.25, 0.3) is 0 Å². The summed E-state index contributed by atoms with van der Waals surface area (Å²) in [5, 5.41) is 5.90. The predicted octanol–water partition coefficient (Wildman–Crippen LogP) is 3.77. The smallest absolute Gasteiger partial charge is 0.411 e. The van der Waals surface area contributed by atoms with E-state index in [0.29, 0.717) is 18.8 Å². The van der Waals surface area contributed by atoms with Crippen molar-refractivity contribution < 1.29 is 13.9 Å². The zero-order chi connectivity index (χ0) is 14.4. The van der Waals surface area contributed by atoms with Gasteiger partial charge >= 0.3 is 6.09 Å². The van der Waals surface area contributed by atoms with Crippen molar-refractivity contribution in [1.82, 2.24) is 0 Å². The normalized spacial score (nSPS) is 10.1. The van der Waals surface area contributed by atoms with Gasteiger partial charge in [-0.15, -0.1) is 0 Å². The van der Waals surface area contributed by atoms with Crippen LogP contribution in [0.3, 0.4) is 0 Å². The van der Waals surface area contributed by atoms with Crippen molar-refractivity contribution in [2.75, 3.05) is 17.2 Å². The van der Waals surface area contributed by atoms with Crippen LogP contribution in [0.4, 0.5) is 16.2 Å². The molecule has 1 aromatic carbocycles. The standard InChI is InChI=1S/C15H18N2O3/c1-3-19-15(18)17-13-6-4-12(5-7-13)16-10-14-11(2)8-9-20-14/h4-9,16H,3,10H2,1-2H3,(H,17,18). The van der Waals surface area contributed by atoms with Crippen LogP contribution in [0.5, 0.6) is 0 Å². The third-order valence-corrected chi connectivity index (χ3v) is 2.83. The molecule has 0 unspecified atom stereocenters. The molecule has 0 bridgehead atoms. The third-order valence-electron chi connectivity index (χ3n) is 2.83. The van der Waals surface area contributed by atoms with Gasteiger partial charge in [0, 0.05) is 11.4 Å². The first-order valence-corrected chi connectivity index (χ1v) is 6.49. The number of carbonyl (C=O) groups excluding carboxylic acids is 1. The van der Waals surface area contributed by atoms with Crippen LogP contribution >= 0.6 is 0 Å². The number of amides is 1. The van der Waals surface area contributed by atoms with Crippen LogP contribution in [0.2, 0.25) is 0 Å². The van der Waals surface area contributed by atoms with Gasteiger partial charge in [-0.1, -0.05) is 0 Å². The number of hydrogen-bond donors (Lipinski definition) is 2. The molecule has 1 amide bonds. The minimum absolute atomic E-state index is 0.355. The van der Waals surface area contributed by atoms with E-state index in [9.17, 15) is 4.79 Å². The Bertz CT molecular complexity index is 561. The average molecular weight is 274 g/mol. The molecule has 2 aromatic rings. The van der Waals surface area contributed by atoms with Gasteiger partial charge in [0.15, 0.2) is 0 Å². The van der Waals surface area contributed by atoms with E-state index < -0.39 is 6.09 Å². The lowest BCUT2D eigenvalue weighted by Gasteiger charge is -2.08. The van der Waals surface area contributed by atoms with E-state index in [0.717, 1.165) is 17.0 Å². The number of ether oxygens (including phenoxy) is 1. The molecule has 2 rings (SSSR count). The van der Waals surface area contributed by atoms with Gasteiger partial charge < -0.3 is 14.5 Å². The highest BCUT2D eigenvalue weighted by atomic mass is 16.5. The number of benzene rings is 1. The van der Waals surface area contributed by atoms with Crippen LogP contribution in [0, 0.1) is 6.92 Å². The summed E-state index contributed by atoms with van der Waals surface area (Å²) in [7, 11) is 0. The van der Waals surface area contributed by atoms with Gasteiger partial charge in [-0.2, -0.15) is 0 Å². The van der Waals surface area contributed by atoms with E-state index in [-0.39, 0.29) is 0 Å². The van der Waals surface area contributed by atoms with Crippen molar-refractivity contribution in [2.45, 2.75) is 20.4 Å². The Morgan fingerprint density at radius 2 is 1.90 bits per heavy atom. The van der Waals surface area contributed by atoms with E-state index in [1.54, 1.807) is 13.2 Å². The Morgan fingerprint density at radius 3 is 2.50 bits per heavy atom. The van der Waals surface area contributed by atoms with Crippen LogP contribution in [0.15, 0.2) is 41.0 Å². The zero-order valence-corrected chi connectivity index (χ0v) is 11.6. The molecule has 1 heterocycles. The highest BCUT2D eigenvalue weighted by molar-refractivity contribution is 5.84. The van der Waals surface area contributed by atoms with Gasteiger partial charge in [0.05, 0.1) is 19.4 Å². The molecule has 5 nitrogen and oxygen atoms in total. The number of anilines is 2. The molecular formula is C15H18N2O3. The van der Waals surface area contributed by atoms with Crippen LogP contribution < -0.4 is 10.6 Å². The van der Waals surface area contributed by atoms with E-state index in [1.807, 2.05) is 37.3 Å². The minimum atomic E-state index is -0.445. The second-order valence-electron chi connectivity index (χ2n) is 4.30. The maximum atomic E-state index is 11.3. The van der Waals surface area contributed by atoms with Crippen molar-refractivity contribution in [1.29, 1.82) is 0 Å². The summed E-state index contributed by atoms with van der Waals surface area (Å²) in [6.07, 6.45) is 1.23. The van der Waals surface area contributed by atoms with Crippen LogP contribution in [-0.2, 0) is 11.3 Å². The highest BCUT2D eigenvalue weighted by Crippen LogP contribution is 2.16. The van der Waals surface area contributed by atoms with Gasteiger partial charge in [-0.05, 0) is 49.7 Å². The summed E-state index contributed by atoms with van der Waals surface area (Å²) >= 11 is 0. The lowest BCUT2D eigenvalue weighted by Crippen LogP contribution is -2.13. The lowest BCUT2D eigenvalue weighted by atomic mass is 10.2. The molecule has 0 spiro atoms. The average Bonchev–Trinajstić information content (AvgIpc) is 2.84. The maximum absolute atomic E-state index is 11.3. The van der Waals surface area contributed by atoms with E-state index in [4.69, 9.17) is 9.15 Å². The summed E-state index contributed by atoms with van der Waals surface area (Å²) in [6.45, 7) is 4.76. The molecule has 20 heavy (non-hydrogen) atoms. The number of furan rings is 1. The first kappa shape index (κ1) is 14.0. The molecule has 1 aromatic heterocycles. The summed E-state index contributed by atoms with van der Waals surface area (Å²) in [5.41, 5.74) is 2.77. The Balaban J connectivity index is 1.88. The molecule has 0 aliphatic rings. The zero-order valence-electron chi connectivity index (χ0n) is 11.6. The molecule has 2 N–H and O–H groups in total. The largest absolute Gasteiger partial charge is 0.467 e. The number of aryl methyl sites for hydroxylation is 1. The van der Waals surface area contributed by atoms with Gasteiger partial charge in [0.25, 0.3) is 0 Å². The molecule has 0 aliphatic carbocycles. The van der Waals surface area contributed by atoms with E-state index >= 15 is 0 Å². The first-order valence-electron chi connectivity index (χ1n) is 6.49. The summed E-state index contributed by atoms with van der Waals surface area (Å²) in [6, 6.07) is 9.34. The van der Waals surface area contributed by atoms with E-state index in [2.05, 4.69) is 10.6 Å². The van der Waals surface area contributed by atoms with Crippen molar-refractivity contribution in [3.05, 3.63) is 47.9 Å². The number of carbonyl (C=O) groups is 1. The van der Waals surface area contributed by atoms with Crippen molar-refractivity contribution in [3.63, 3.8) is 0 Å². The van der Waals surface area contributed by atoms with Crippen LogP contribution in [-0.4, -0.2) is 12.7 Å². The van der Waals surface area contributed by atoms with E-state index in [1.165, 1.54) is 0 Å². The third kappa shape index (κ3) is 3.78. The number of hydrogen-bond acceptors (Lipinski definition) is 4. The molecule has 0 radical (unpaired) electrons. The van der Waals surface area contributed by atoms with Gasteiger partial charge in [0.1, 0.15) is 5.76 Å². The van der Waals surface area contributed by atoms with Gasteiger partial charge in [-0.25, -0.2) is 4.79 Å². The highest BCUT2D eigenvalue weighted by Gasteiger charge is 2.03. The van der Waals surface area contributed by atoms with Gasteiger partial charge in [-0.3, -0.25) is 5.32 Å². The monoisotopic (exact) mass is 274 g/mol. The molecule has 0 atom stereocenters. The number of nitrogens with one attached hydrogen (secondary N) is 2. The maximum Gasteiger partial charge on any atom is 0.411 e. The molecule has 0 saturated carbocycles. The Hall–Kier alpha value is -2.43.